The Bertz CT molecular complexity index is 1200. The van der Waals surface area contributed by atoms with E-state index in [4.69, 9.17) is 0 Å². The Morgan fingerprint density at radius 2 is 1.81 bits per heavy atom. The Morgan fingerprint density at radius 3 is 2.65 bits per heavy atom. The van der Waals surface area contributed by atoms with Crippen LogP contribution in [0.2, 0.25) is 0 Å². The average molecular weight is 431 g/mol. The average Bonchev–Trinajstić information content (AvgIpc) is 3.28. The molecule has 0 radical (unpaired) electrons. The van der Waals surface area contributed by atoms with Gasteiger partial charge in [-0.15, -0.1) is 11.3 Å². The minimum Gasteiger partial charge on any atom is -0.326 e. The SMILES string of the molecule is O=C(Nc1ccc(-c2ccnc(Nc3ccc4ncsc4c3)n2)cc1)C1CCNCC1. The summed E-state index contributed by atoms with van der Waals surface area (Å²) in [4.78, 5) is 25.7. The van der Waals surface area contributed by atoms with Crippen molar-refractivity contribution >= 4 is 44.8 Å². The lowest BCUT2D eigenvalue weighted by Gasteiger charge is -2.21. The molecule has 1 aliphatic heterocycles. The number of piperidine rings is 1. The van der Waals surface area contributed by atoms with Crippen molar-refractivity contribution in [2.45, 2.75) is 12.8 Å². The topological polar surface area (TPSA) is 91.8 Å². The predicted octanol–water partition coefficient (Wildman–Crippen LogP) is 4.44. The third-order valence-electron chi connectivity index (χ3n) is 5.40. The maximum Gasteiger partial charge on any atom is 0.227 e. The van der Waals surface area contributed by atoms with Crippen LogP contribution in [0.3, 0.4) is 0 Å². The zero-order valence-corrected chi connectivity index (χ0v) is 17.7. The molecule has 1 aliphatic rings. The van der Waals surface area contributed by atoms with Gasteiger partial charge in [-0.1, -0.05) is 12.1 Å². The van der Waals surface area contributed by atoms with E-state index in [1.807, 2.05) is 54.0 Å². The van der Waals surface area contributed by atoms with Crippen molar-refractivity contribution in [1.29, 1.82) is 0 Å². The summed E-state index contributed by atoms with van der Waals surface area (Å²) in [7, 11) is 0. The second-order valence-corrected chi connectivity index (χ2v) is 8.40. The first-order chi connectivity index (χ1) is 15.2. The van der Waals surface area contributed by atoms with Crippen LogP contribution in [0, 0.1) is 5.92 Å². The van der Waals surface area contributed by atoms with Crippen LogP contribution >= 0.6 is 11.3 Å². The van der Waals surface area contributed by atoms with E-state index < -0.39 is 0 Å². The monoisotopic (exact) mass is 430 g/mol. The Hall–Kier alpha value is -3.36. The minimum atomic E-state index is 0.0839. The minimum absolute atomic E-state index is 0.0839. The van der Waals surface area contributed by atoms with Crippen molar-refractivity contribution in [3.8, 4) is 11.3 Å². The summed E-state index contributed by atoms with van der Waals surface area (Å²) in [6.45, 7) is 1.80. The van der Waals surface area contributed by atoms with Crippen LogP contribution < -0.4 is 16.0 Å². The molecule has 0 aliphatic carbocycles. The quantitative estimate of drug-likeness (QED) is 0.434. The van der Waals surface area contributed by atoms with Gasteiger partial charge < -0.3 is 16.0 Å². The fraction of sp³-hybridized carbons (Fsp3) is 0.217. The number of benzene rings is 2. The number of fused-ring (bicyclic) bond motifs is 1. The first kappa shape index (κ1) is 19.6. The number of carbonyl (C=O) groups is 1. The molecule has 156 valence electrons. The van der Waals surface area contributed by atoms with Crippen LogP contribution in [0.4, 0.5) is 17.3 Å². The highest BCUT2D eigenvalue weighted by atomic mass is 32.1. The predicted molar refractivity (Wildman–Crippen MR) is 125 cm³/mol. The van der Waals surface area contributed by atoms with Gasteiger partial charge >= 0.3 is 0 Å². The molecule has 3 N–H and O–H groups in total. The number of rotatable bonds is 5. The third kappa shape index (κ3) is 4.55. The molecule has 5 rings (SSSR count). The molecule has 31 heavy (non-hydrogen) atoms. The van der Waals surface area contributed by atoms with E-state index in [1.165, 1.54) is 0 Å². The second kappa shape index (κ2) is 8.79. The maximum atomic E-state index is 12.4. The van der Waals surface area contributed by atoms with E-state index in [1.54, 1.807) is 17.5 Å². The van der Waals surface area contributed by atoms with E-state index in [2.05, 4.69) is 30.9 Å². The summed E-state index contributed by atoms with van der Waals surface area (Å²) in [6.07, 6.45) is 3.51. The molecule has 2 aromatic carbocycles. The maximum absolute atomic E-state index is 12.4. The normalized spacial score (nSPS) is 14.5. The first-order valence-corrected chi connectivity index (χ1v) is 11.2. The van der Waals surface area contributed by atoms with Gasteiger partial charge in [0.05, 0.1) is 21.4 Å². The van der Waals surface area contributed by atoms with Gasteiger partial charge in [-0.05, 0) is 62.3 Å². The van der Waals surface area contributed by atoms with Gasteiger partial charge in [0.15, 0.2) is 0 Å². The molecular formula is C23H22N6OS. The summed E-state index contributed by atoms with van der Waals surface area (Å²) in [5, 5.41) is 9.58. The lowest BCUT2D eigenvalue weighted by molar-refractivity contribution is -0.120. The van der Waals surface area contributed by atoms with Crippen LogP contribution in [0.25, 0.3) is 21.5 Å². The number of carbonyl (C=O) groups excluding carboxylic acids is 1. The number of anilines is 3. The molecule has 0 saturated carbocycles. The largest absolute Gasteiger partial charge is 0.326 e. The smallest absolute Gasteiger partial charge is 0.227 e. The molecule has 4 aromatic rings. The fourth-order valence-corrected chi connectivity index (χ4v) is 4.41. The number of amides is 1. The van der Waals surface area contributed by atoms with Crippen LogP contribution in [-0.2, 0) is 4.79 Å². The number of nitrogens with one attached hydrogen (secondary N) is 3. The van der Waals surface area contributed by atoms with E-state index in [-0.39, 0.29) is 11.8 Å². The van der Waals surface area contributed by atoms with E-state index in [0.717, 1.165) is 58.8 Å². The number of hydrogen-bond donors (Lipinski definition) is 3. The molecule has 2 aromatic heterocycles. The van der Waals surface area contributed by atoms with E-state index in [9.17, 15) is 4.79 Å². The molecule has 0 spiro atoms. The summed E-state index contributed by atoms with van der Waals surface area (Å²) >= 11 is 1.60. The molecule has 1 fully saturated rings. The Morgan fingerprint density at radius 1 is 1.00 bits per heavy atom. The Balaban J connectivity index is 1.28. The molecule has 0 unspecified atom stereocenters. The lowest BCUT2D eigenvalue weighted by atomic mass is 9.97. The zero-order chi connectivity index (χ0) is 21.0. The molecule has 1 saturated heterocycles. The molecule has 0 atom stereocenters. The summed E-state index contributed by atoms with van der Waals surface area (Å²) in [5.41, 5.74) is 6.32. The van der Waals surface area contributed by atoms with Gasteiger partial charge in [-0.25, -0.2) is 15.0 Å². The molecule has 8 heteroatoms. The van der Waals surface area contributed by atoms with Crippen LogP contribution in [0.15, 0.2) is 60.2 Å². The van der Waals surface area contributed by atoms with Crippen molar-refractivity contribution in [1.82, 2.24) is 20.3 Å². The van der Waals surface area contributed by atoms with Gasteiger partial charge in [0.2, 0.25) is 11.9 Å². The summed E-state index contributed by atoms with van der Waals surface area (Å²) < 4.78 is 1.11. The van der Waals surface area contributed by atoms with Gasteiger partial charge in [0.1, 0.15) is 0 Å². The van der Waals surface area contributed by atoms with Crippen molar-refractivity contribution < 1.29 is 4.79 Å². The number of hydrogen-bond acceptors (Lipinski definition) is 7. The fourth-order valence-electron chi connectivity index (χ4n) is 3.69. The van der Waals surface area contributed by atoms with Gasteiger partial charge in [0, 0.05) is 29.1 Å². The number of aromatic nitrogens is 3. The van der Waals surface area contributed by atoms with Gasteiger partial charge in [-0.2, -0.15) is 0 Å². The Labute approximate surface area is 184 Å². The van der Waals surface area contributed by atoms with Crippen molar-refractivity contribution in [3.05, 3.63) is 60.2 Å². The van der Waals surface area contributed by atoms with Crippen LogP contribution in [0.5, 0.6) is 0 Å². The number of nitrogens with zero attached hydrogens (tertiary/aromatic N) is 3. The lowest BCUT2D eigenvalue weighted by Crippen LogP contribution is -2.34. The Kier molecular flexibility index (Phi) is 5.56. The van der Waals surface area contributed by atoms with Crippen molar-refractivity contribution in [2.75, 3.05) is 23.7 Å². The highest BCUT2D eigenvalue weighted by molar-refractivity contribution is 7.16. The van der Waals surface area contributed by atoms with Crippen molar-refractivity contribution in [2.24, 2.45) is 5.92 Å². The highest BCUT2D eigenvalue weighted by Crippen LogP contribution is 2.25. The highest BCUT2D eigenvalue weighted by Gasteiger charge is 2.20. The molecule has 1 amide bonds. The van der Waals surface area contributed by atoms with E-state index in [0.29, 0.717) is 5.95 Å². The molecule has 0 bridgehead atoms. The van der Waals surface area contributed by atoms with Crippen LogP contribution in [0.1, 0.15) is 12.8 Å². The zero-order valence-electron chi connectivity index (χ0n) is 16.8. The molecular weight excluding hydrogens is 408 g/mol. The second-order valence-electron chi connectivity index (χ2n) is 7.52. The first-order valence-electron chi connectivity index (χ1n) is 10.3. The third-order valence-corrected chi connectivity index (χ3v) is 6.19. The molecule has 3 heterocycles. The number of thiazole rings is 1. The standard InChI is InChI=1S/C23H22N6OS/c30-22(16-7-10-24-11-8-16)27-17-3-1-15(2-4-17)19-9-12-25-23(29-19)28-18-5-6-20-21(13-18)31-14-26-20/h1-6,9,12-14,16,24H,7-8,10-11H2,(H,27,30)(H,25,28,29). The van der Waals surface area contributed by atoms with Crippen molar-refractivity contribution in [3.63, 3.8) is 0 Å². The van der Waals surface area contributed by atoms with E-state index >= 15 is 0 Å². The summed E-state index contributed by atoms with van der Waals surface area (Å²) in [6, 6.07) is 15.6. The summed E-state index contributed by atoms with van der Waals surface area (Å²) in [5.74, 6) is 0.714. The van der Waals surface area contributed by atoms with Gasteiger partial charge in [-0.3, -0.25) is 4.79 Å². The van der Waals surface area contributed by atoms with Gasteiger partial charge in [0.25, 0.3) is 0 Å². The van der Waals surface area contributed by atoms with Crippen LogP contribution in [-0.4, -0.2) is 33.9 Å². The molecule has 7 nitrogen and oxygen atoms in total.